The van der Waals surface area contributed by atoms with Crippen molar-refractivity contribution in [2.45, 2.75) is 57.4 Å². The molecule has 2 rings (SSSR count). The van der Waals surface area contributed by atoms with Gasteiger partial charge in [-0.2, -0.15) is 0 Å². The van der Waals surface area contributed by atoms with E-state index >= 15 is 0 Å². The minimum absolute atomic E-state index is 0.0383. The monoisotopic (exact) mass is 229 g/mol. The van der Waals surface area contributed by atoms with E-state index in [4.69, 9.17) is 11.6 Å². The maximum atomic E-state index is 12.2. The first-order valence-corrected chi connectivity index (χ1v) is 6.58. The van der Waals surface area contributed by atoms with Crippen LogP contribution in [0.3, 0.4) is 0 Å². The highest BCUT2D eigenvalue weighted by molar-refractivity contribution is 6.19. The molecule has 2 fully saturated rings. The molecule has 0 unspecified atom stereocenters. The first-order valence-electron chi connectivity index (χ1n) is 6.05. The van der Waals surface area contributed by atoms with Crippen molar-refractivity contribution in [1.29, 1.82) is 0 Å². The Hall–Kier alpha value is -0.240. The number of alkyl halides is 1. The molecule has 3 heteroatoms. The zero-order valence-corrected chi connectivity index (χ0v) is 10.2. The van der Waals surface area contributed by atoms with Crippen molar-refractivity contribution in [3.8, 4) is 0 Å². The van der Waals surface area contributed by atoms with Gasteiger partial charge in [-0.05, 0) is 32.1 Å². The predicted octanol–water partition coefficient (Wildman–Crippen LogP) is 2.84. The summed E-state index contributed by atoms with van der Waals surface area (Å²) in [4.78, 5) is 12.2. The summed E-state index contributed by atoms with van der Waals surface area (Å²) >= 11 is 5.88. The Kier molecular flexibility index (Phi) is 2.98. The maximum Gasteiger partial charge on any atom is 0.226 e. The van der Waals surface area contributed by atoms with Crippen LogP contribution in [0.25, 0.3) is 0 Å². The SMILES string of the molecule is CCC1(C(=O)NC2(CCl)CC2)CCCC1. The zero-order valence-electron chi connectivity index (χ0n) is 9.44. The number of amides is 1. The van der Waals surface area contributed by atoms with E-state index < -0.39 is 0 Å². The Morgan fingerprint density at radius 2 is 1.87 bits per heavy atom. The molecule has 2 nitrogen and oxygen atoms in total. The number of halogens is 1. The topological polar surface area (TPSA) is 29.1 Å². The van der Waals surface area contributed by atoms with Crippen LogP contribution in [0, 0.1) is 5.41 Å². The Bertz CT molecular complexity index is 254. The van der Waals surface area contributed by atoms with Gasteiger partial charge in [-0.15, -0.1) is 11.6 Å². The molecule has 2 aliphatic rings. The van der Waals surface area contributed by atoms with Crippen molar-refractivity contribution in [2.24, 2.45) is 5.41 Å². The molecule has 0 spiro atoms. The van der Waals surface area contributed by atoms with E-state index in [-0.39, 0.29) is 16.9 Å². The number of hydrogen-bond donors (Lipinski definition) is 1. The van der Waals surface area contributed by atoms with E-state index in [0.717, 1.165) is 32.1 Å². The quantitative estimate of drug-likeness (QED) is 0.738. The first-order chi connectivity index (χ1) is 7.16. The van der Waals surface area contributed by atoms with Crippen molar-refractivity contribution >= 4 is 17.5 Å². The summed E-state index contributed by atoms with van der Waals surface area (Å²) in [6, 6.07) is 0. The van der Waals surface area contributed by atoms with E-state index in [0.29, 0.717) is 5.88 Å². The molecule has 1 N–H and O–H groups in total. The summed E-state index contributed by atoms with van der Waals surface area (Å²) in [5.74, 6) is 0.832. The molecule has 0 aromatic carbocycles. The molecule has 2 saturated carbocycles. The number of hydrogen-bond acceptors (Lipinski definition) is 1. The summed E-state index contributed by atoms with van der Waals surface area (Å²) in [7, 11) is 0. The highest BCUT2D eigenvalue weighted by Gasteiger charge is 2.48. The van der Waals surface area contributed by atoms with Crippen LogP contribution >= 0.6 is 11.6 Å². The van der Waals surface area contributed by atoms with Crippen LogP contribution in [-0.2, 0) is 4.79 Å². The Morgan fingerprint density at radius 3 is 2.27 bits per heavy atom. The molecular formula is C12H20ClNO. The number of rotatable bonds is 4. The van der Waals surface area contributed by atoms with Crippen molar-refractivity contribution in [3.63, 3.8) is 0 Å². The van der Waals surface area contributed by atoms with Crippen LogP contribution in [0.4, 0.5) is 0 Å². The Balaban J connectivity index is 2.00. The number of carbonyl (C=O) groups is 1. The molecule has 86 valence electrons. The van der Waals surface area contributed by atoms with Gasteiger partial charge >= 0.3 is 0 Å². The summed E-state index contributed by atoms with van der Waals surface area (Å²) in [6.45, 7) is 2.13. The lowest BCUT2D eigenvalue weighted by atomic mass is 9.82. The van der Waals surface area contributed by atoms with Gasteiger partial charge in [0.1, 0.15) is 0 Å². The van der Waals surface area contributed by atoms with Crippen molar-refractivity contribution < 1.29 is 4.79 Å². The fourth-order valence-electron chi connectivity index (χ4n) is 2.61. The van der Waals surface area contributed by atoms with Crippen molar-refractivity contribution in [1.82, 2.24) is 5.32 Å². The smallest absolute Gasteiger partial charge is 0.226 e. The van der Waals surface area contributed by atoms with Gasteiger partial charge in [0.05, 0.1) is 5.54 Å². The van der Waals surface area contributed by atoms with Crippen molar-refractivity contribution in [2.75, 3.05) is 5.88 Å². The van der Waals surface area contributed by atoms with Gasteiger partial charge in [0.2, 0.25) is 5.91 Å². The van der Waals surface area contributed by atoms with Gasteiger partial charge in [0.25, 0.3) is 0 Å². The van der Waals surface area contributed by atoms with Crippen LogP contribution in [-0.4, -0.2) is 17.3 Å². The molecule has 0 bridgehead atoms. The summed E-state index contributed by atoms with van der Waals surface area (Å²) in [6.07, 6.45) is 7.62. The second-order valence-corrected chi connectivity index (χ2v) is 5.48. The average molecular weight is 230 g/mol. The van der Waals surface area contributed by atoms with E-state index in [2.05, 4.69) is 12.2 Å². The van der Waals surface area contributed by atoms with E-state index in [9.17, 15) is 4.79 Å². The van der Waals surface area contributed by atoms with Crippen LogP contribution < -0.4 is 5.32 Å². The van der Waals surface area contributed by atoms with Gasteiger partial charge in [-0.3, -0.25) is 4.79 Å². The maximum absolute atomic E-state index is 12.2. The Morgan fingerprint density at radius 1 is 1.27 bits per heavy atom. The van der Waals surface area contributed by atoms with E-state index in [1.165, 1.54) is 12.8 Å². The first kappa shape index (κ1) is 11.3. The van der Waals surface area contributed by atoms with Crippen LogP contribution in [0.1, 0.15) is 51.9 Å². The van der Waals surface area contributed by atoms with Gasteiger partial charge < -0.3 is 5.32 Å². The van der Waals surface area contributed by atoms with Crippen LogP contribution in [0.15, 0.2) is 0 Å². The van der Waals surface area contributed by atoms with Gasteiger partial charge in [0.15, 0.2) is 0 Å². The molecular weight excluding hydrogens is 210 g/mol. The molecule has 1 amide bonds. The highest BCUT2D eigenvalue weighted by atomic mass is 35.5. The molecule has 0 aromatic rings. The molecule has 0 radical (unpaired) electrons. The predicted molar refractivity (Wildman–Crippen MR) is 62.0 cm³/mol. The third kappa shape index (κ3) is 2.01. The van der Waals surface area contributed by atoms with E-state index in [1.54, 1.807) is 0 Å². The summed E-state index contributed by atoms with van der Waals surface area (Å²) in [5.41, 5.74) is -0.106. The largest absolute Gasteiger partial charge is 0.349 e. The summed E-state index contributed by atoms with van der Waals surface area (Å²) < 4.78 is 0. The minimum atomic E-state index is -0.0678. The van der Waals surface area contributed by atoms with Gasteiger partial charge in [-0.1, -0.05) is 19.8 Å². The second-order valence-electron chi connectivity index (χ2n) is 5.21. The van der Waals surface area contributed by atoms with E-state index in [1.807, 2.05) is 0 Å². The molecule has 2 aliphatic carbocycles. The lowest BCUT2D eigenvalue weighted by Gasteiger charge is -2.28. The lowest BCUT2D eigenvalue weighted by Crippen LogP contribution is -2.46. The van der Waals surface area contributed by atoms with Gasteiger partial charge in [0, 0.05) is 11.3 Å². The fraction of sp³-hybridized carbons (Fsp3) is 0.917. The Labute approximate surface area is 96.8 Å². The normalized spacial score (nSPS) is 26.3. The standard InChI is InChI=1S/C12H20ClNO/c1-2-11(5-3-4-6-11)10(15)14-12(9-13)7-8-12/h2-9H2,1H3,(H,14,15). The number of carbonyl (C=O) groups excluding carboxylic acids is 1. The van der Waals surface area contributed by atoms with Crippen LogP contribution in [0.2, 0.25) is 0 Å². The van der Waals surface area contributed by atoms with Crippen LogP contribution in [0.5, 0.6) is 0 Å². The van der Waals surface area contributed by atoms with Crippen molar-refractivity contribution in [3.05, 3.63) is 0 Å². The lowest BCUT2D eigenvalue weighted by molar-refractivity contribution is -0.131. The van der Waals surface area contributed by atoms with Gasteiger partial charge in [-0.25, -0.2) is 0 Å². The molecule has 0 atom stereocenters. The summed E-state index contributed by atoms with van der Waals surface area (Å²) in [5, 5.41) is 3.18. The molecule has 0 aromatic heterocycles. The second kappa shape index (κ2) is 3.97. The molecule has 0 saturated heterocycles. The third-order valence-electron chi connectivity index (χ3n) is 4.21. The third-order valence-corrected chi connectivity index (χ3v) is 4.72. The molecule has 0 heterocycles. The highest BCUT2D eigenvalue weighted by Crippen LogP contribution is 2.44. The average Bonchev–Trinajstić information content (AvgIpc) is 2.85. The fourth-order valence-corrected chi connectivity index (χ4v) is 2.94. The molecule has 15 heavy (non-hydrogen) atoms. The zero-order chi connectivity index (χ0) is 10.9. The minimum Gasteiger partial charge on any atom is -0.349 e. The number of nitrogens with one attached hydrogen (secondary N) is 1. The molecule has 0 aliphatic heterocycles.